The van der Waals surface area contributed by atoms with Gasteiger partial charge < -0.3 is 20.1 Å². The molecule has 3 aliphatic heterocycles. The van der Waals surface area contributed by atoms with Crippen LogP contribution in [0.2, 0.25) is 5.02 Å². The number of halogens is 1. The number of fused-ring (bicyclic) bond motifs is 2. The minimum absolute atomic E-state index is 0.0147. The van der Waals surface area contributed by atoms with Crippen LogP contribution in [0.5, 0.6) is 0 Å². The molecule has 12 nitrogen and oxygen atoms in total. The van der Waals surface area contributed by atoms with Gasteiger partial charge in [-0.3, -0.25) is 29.3 Å². The van der Waals surface area contributed by atoms with E-state index >= 15 is 0 Å². The fourth-order valence-corrected chi connectivity index (χ4v) is 7.48. The van der Waals surface area contributed by atoms with Gasteiger partial charge in [0.1, 0.15) is 6.04 Å². The molecule has 220 valence electrons. The predicted molar refractivity (Wildman–Crippen MR) is 154 cm³/mol. The second-order valence-corrected chi connectivity index (χ2v) is 13.5. The Morgan fingerprint density at radius 3 is 2.54 bits per heavy atom. The van der Waals surface area contributed by atoms with E-state index in [4.69, 9.17) is 21.4 Å². The first kappa shape index (κ1) is 29.0. The molecule has 0 saturated carbocycles. The molecule has 1 spiro atoms. The van der Waals surface area contributed by atoms with Gasteiger partial charge in [0.25, 0.3) is 5.91 Å². The number of benzene rings is 2. The van der Waals surface area contributed by atoms with Crippen molar-refractivity contribution in [1.82, 2.24) is 10.2 Å². The van der Waals surface area contributed by atoms with Crippen molar-refractivity contribution in [2.24, 2.45) is 5.92 Å². The molecular formula is C27H31ClN4O8S. The first-order valence-corrected chi connectivity index (χ1v) is 15.4. The third-order valence-corrected chi connectivity index (χ3v) is 9.83. The largest absolute Gasteiger partial charge is 0.465 e. The van der Waals surface area contributed by atoms with Crippen LogP contribution in [0, 0.1) is 5.92 Å². The Balaban J connectivity index is 1.35. The number of amides is 4. The second kappa shape index (κ2) is 11.4. The van der Waals surface area contributed by atoms with Gasteiger partial charge in [-0.25, -0.2) is 9.59 Å². The Bertz CT molecular complexity index is 1360. The van der Waals surface area contributed by atoms with Crippen LogP contribution in [0.4, 0.5) is 21.0 Å². The minimum atomic E-state index is -2.62. The maximum Gasteiger partial charge on any atom is 0.412 e. The van der Waals surface area contributed by atoms with Gasteiger partial charge in [-0.2, -0.15) is 10.6 Å². The van der Waals surface area contributed by atoms with Crippen LogP contribution in [0.25, 0.3) is 0 Å². The predicted octanol–water partition coefficient (Wildman–Crippen LogP) is 4.77. The third-order valence-electron chi connectivity index (χ3n) is 7.82. The number of anilines is 2. The minimum Gasteiger partial charge on any atom is -0.465 e. The highest BCUT2D eigenvalue weighted by Gasteiger charge is 2.49. The van der Waals surface area contributed by atoms with Gasteiger partial charge in [-0.15, -0.1) is 0 Å². The van der Waals surface area contributed by atoms with E-state index in [9.17, 15) is 28.3 Å². The van der Waals surface area contributed by atoms with Crippen molar-refractivity contribution in [3.8, 4) is 0 Å². The van der Waals surface area contributed by atoms with Crippen molar-refractivity contribution < 1.29 is 38.1 Å². The van der Waals surface area contributed by atoms with E-state index < -0.39 is 40.3 Å². The Morgan fingerprint density at radius 2 is 1.85 bits per heavy atom. The molecule has 2 fully saturated rings. The number of carboxylic acid groups (broad SMARTS) is 1. The fourth-order valence-electron chi connectivity index (χ4n) is 5.68. The van der Waals surface area contributed by atoms with E-state index in [0.29, 0.717) is 47.6 Å². The molecule has 6 N–H and O–H groups in total. The highest BCUT2D eigenvalue weighted by Crippen LogP contribution is 2.47. The van der Waals surface area contributed by atoms with Crippen molar-refractivity contribution in [2.45, 2.75) is 37.3 Å². The maximum absolute atomic E-state index is 13.9. The maximum atomic E-state index is 13.9. The van der Waals surface area contributed by atoms with Gasteiger partial charge in [0.05, 0.1) is 12.2 Å². The number of nitrogens with one attached hydrogen (secondary N) is 3. The highest BCUT2D eigenvalue weighted by atomic mass is 35.5. The van der Waals surface area contributed by atoms with Gasteiger partial charge >= 0.3 is 12.2 Å². The van der Waals surface area contributed by atoms with Crippen molar-refractivity contribution in [3.63, 3.8) is 0 Å². The number of likely N-dealkylation sites (tertiary alicyclic amines) is 1. The van der Waals surface area contributed by atoms with Crippen LogP contribution >= 0.6 is 22.2 Å². The number of carbonyl (C=O) groups excluding carboxylic acids is 3. The van der Waals surface area contributed by atoms with E-state index in [1.807, 2.05) is 0 Å². The normalized spacial score (nSPS) is 23.1. The molecular weight excluding hydrogens is 576 g/mol. The molecule has 14 heteroatoms. The molecule has 0 aliphatic carbocycles. The lowest BCUT2D eigenvalue weighted by Crippen LogP contribution is -2.50. The summed E-state index contributed by atoms with van der Waals surface area (Å²) in [6, 6.07) is 9.96. The van der Waals surface area contributed by atoms with Crippen LogP contribution < -0.4 is 16.0 Å². The Hall–Kier alpha value is -3.52. The summed E-state index contributed by atoms with van der Waals surface area (Å²) in [5, 5.41) is 17.1. The van der Waals surface area contributed by atoms with Crippen molar-refractivity contribution in [2.75, 3.05) is 35.2 Å². The lowest BCUT2D eigenvalue weighted by Gasteiger charge is -2.40. The summed E-state index contributed by atoms with van der Waals surface area (Å²) in [4.78, 5) is 52.0. The lowest BCUT2D eigenvalue weighted by atomic mass is 9.90. The lowest BCUT2D eigenvalue weighted by molar-refractivity contribution is -0.133. The number of ether oxygens (including phenoxy) is 1. The summed E-state index contributed by atoms with van der Waals surface area (Å²) in [5.74, 6) is -0.367. The van der Waals surface area contributed by atoms with E-state index in [0.717, 1.165) is 0 Å². The van der Waals surface area contributed by atoms with Gasteiger partial charge in [-0.05, 0) is 67.6 Å². The molecule has 3 aliphatic rings. The fraction of sp³-hybridized carbons (Fsp3) is 0.407. The van der Waals surface area contributed by atoms with Crippen molar-refractivity contribution in [3.05, 3.63) is 58.6 Å². The van der Waals surface area contributed by atoms with Gasteiger partial charge in [-0.1, -0.05) is 11.6 Å². The van der Waals surface area contributed by atoms with Gasteiger partial charge in [0.15, 0.2) is 5.60 Å². The Morgan fingerprint density at radius 1 is 1.15 bits per heavy atom. The van der Waals surface area contributed by atoms with E-state index in [1.54, 1.807) is 23.1 Å². The first-order chi connectivity index (χ1) is 19.4. The molecule has 0 aromatic heterocycles. The molecule has 4 amide bonds. The van der Waals surface area contributed by atoms with Gasteiger partial charge in [0, 0.05) is 46.3 Å². The number of carbonyl (C=O) groups is 4. The van der Waals surface area contributed by atoms with Crippen molar-refractivity contribution in [1.29, 1.82) is 0 Å². The smallest absolute Gasteiger partial charge is 0.412 e. The molecule has 2 aromatic rings. The SMILES string of the molecule is O=C(O)Nc1ccc(C(=O)NC(CC2CCS(O)(O)CC2)C(=O)N2CCC3(C2)OC(=O)Nc2ccc(Cl)cc23)cc1. The first-order valence-electron chi connectivity index (χ1n) is 13.2. The van der Waals surface area contributed by atoms with E-state index in [-0.39, 0.29) is 42.0 Å². The van der Waals surface area contributed by atoms with E-state index in [1.165, 1.54) is 24.3 Å². The number of hydrogen-bond donors (Lipinski definition) is 6. The number of nitrogens with zero attached hydrogens (tertiary/aromatic N) is 1. The van der Waals surface area contributed by atoms with Gasteiger partial charge in [0.2, 0.25) is 5.91 Å². The molecule has 2 saturated heterocycles. The standard InChI is InChI=1S/C27H31ClN4O8S/c28-18-3-6-21-20(14-18)27(40-26(37)31-21)9-10-32(15-27)24(34)22(13-16-7-11-41(38,39)12-8-16)30-23(33)17-1-4-19(5-2-17)29-25(35)36/h1-6,14,16,22,29,38-39H,7-13,15H2,(H,30,33)(H,31,37)(H,35,36). The van der Waals surface area contributed by atoms with E-state index in [2.05, 4.69) is 16.0 Å². The highest BCUT2D eigenvalue weighted by molar-refractivity contribution is 8.24. The Labute approximate surface area is 242 Å². The van der Waals surface area contributed by atoms with Crippen LogP contribution in [-0.2, 0) is 15.1 Å². The van der Waals surface area contributed by atoms with Crippen LogP contribution in [-0.4, -0.2) is 73.7 Å². The van der Waals surface area contributed by atoms with Crippen LogP contribution in [0.3, 0.4) is 0 Å². The molecule has 2 aromatic carbocycles. The monoisotopic (exact) mass is 606 g/mol. The zero-order chi connectivity index (χ0) is 29.4. The Kier molecular flexibility index (Phi) is 8.06. The summed E-state index contributed by atoms with van der Waals surface area (Å²) < 4.78 is 25.8. The molecule has 0 bridgehead atoms. The average molecular weight is 607 g/mol. The van der Waals surface area contributed by atoms with Crippen molar-refractivity contribution >= 4 is 57.6 Å². The topological polar surface area (TPSA) is 178 Å². The summed E-state index contributed by atoms with van der Waals surface area (Å²) >= 11 is 6.24. The summed E-state index contributed by atoms with van der Waals surface area (Å²) in [5.41, 5.74) is 0.689. The van der Waals surface area contributed by atoms with Crippen LogP contribution in [0.1, 0.15) is 41.6 Å². The molecule has 41 heavy (non-hydrogen) atoms. The summed E-state index contributed by atoms with van der Waals surface area (Å²) in [7, 11) is -2.62. The molecule has 3 heterocycles. The zero-order valence-electron chi connectivity index (χ0n) is 22.0. The molecule has 0 radical (unpaired) electrons. The average Bonchev–Trinajstić information content (AvgIpc) is 3.33. The molecule has 5 rings (SSSR count). The summed E-state index contributed by atoms with van der Waals surface area (Å²) in [6.07, 6.45) is -0.187. The number of hydrogen-bond acceptors (Lipinski definition) is 7. The third kappa shape index (κ3) is 6.53. The quantitative estimate of drug-likeness (QED) is 0.272. The molecule has 2 unspecified atom stereocenters. The zero-order valence-corrected chi connectivity index (χ0v) is 23.5. The van der Waals surface area contributed by atoms with Crippen LogP contribution in [0.15, 0.2) is 42.5 Å². The molecule has 2 atom stereocenters. The second-order valence-electron chi connectivity index (χ2n) is 10.6. The number of rotatable bonds is 6. The summed E-state index contributed by atoms with van der Waals surface area (Å²) in [6.45, 7) is 0.366.